The molecule has 0 amide bonds. The van der Waals surface area contributed by atoms with Crippen molar-refractivity contribution in [3.05, 3.63) is 60.4 Å². The van der Waals surface area contributed by atoms with Crippen molar-refractivity contribution in [1.29, 1.82) is 0 Å². The minimum atomic E-state index is -3.95. The first kappa shape index (κ1) is 12.5. The van der Waals surface area contributed by atoms with Crippen LogP contribution in [0, 0.1) is 5.82 Å². The zero-order valence-electron chi connectivity index (χ0n) is 9.21. The van der Waals surface area contributed by atoms with Crippen molar-refractivity contribution in [2.75, 3.05) is 5.48 Å². The summed E-state index contributed by atoms with van der Waals surface area (Å²) in [5.41, 5.74) is 2.04. The Labute approximate surface area is 104 Å². The maximum atomic E-state index is 13.2. The molecule has 0 spiro atoms. The van der Waals surface area contributed by atoms with E-state index in [-0.39, 0.29) is 10.6 Å². The quantitative estimate of drug-likeness (QED) is 0.865. The van der Waals surface area contributed by atoms with Crippen LogP contribution in [0.2, 0.25) is 0 Å². The van der Waals surface area contributed by atoms with Gasteiger partial charge in [-0.2, -0.15) is 8.42 Å². The molecule has 2 aromatic carbocycles. The highest BCUT2D eigenvalue weighted by molar-refractivity contribution is 7.86. The Hall–Kier alpha value is -1.92. The molecule has 0 aliphatic rings. The molecule has 4 nitrogen and oxygen atoms in total. The Bertz CT molecular complexity index is 629. The van der Waals surface area contributed by atoms with Crippen molar-refractivity contribution >= 4 is 15.8 Å². The van der Waals surface area contributed by atoms with Crippen LogP contribution >= 0.6 is 0 Å². The average molecular weight is 267 g/mol. The predicted molar refractivity (Wildman–Crippen MR) is 64.7 cm³/mol. The number of hydrogen-bond donors (Lipinski definition) is 1. The maximum Gasteiger partial charge on any atom is 0.317 e. The molecule has 6 heteroatoms. The number of rotatable bonds is 4. The topological polar surface area (TPSA) is 55.4 Å². The zero-order chi connectivity index (χ0) is 13.0. The van der Waals surface area contributed by atoms with E-state index in [4.69, 9.17) is 0 Å². The van der Waals surface area contributed by atoms with Gasteiger partial charge in [0.25, 0.3) is 0 Å². The van der Waals surface area contributed by atoms with Crippen molar-refractivity contribution in [1.82, 2.24) is 0 Å². The molecule has 0 aliphatic heterocycles. The summed E-state index contributed by atoms with van der Waals surface area (Å²) >= 11 is 0. The third-order valence-corrected chi connectivity index (χ3v) is 3.32. The van der Waals surface area contributed by atoms with Crippen LogP contribution in [0.25, 0.3) is 0 Å². The Morgan fingerprint density at radius 3 is 2.22 bits per heavy atom. The van der Waals surface area contributed by atoms with Crippen LogP contribution in [0.3, 0.4) is 0 Å². The second-order valence-electron chi connectivity index (χ2n) is 3.43. The Morgan fingerprint density at radius 2 is 1.56 bits per heavy atom. The number of anilines is 1. The number of benzene rings is 2. The van der Waals surface area contributed by atoms with Gasteiger partial charge in [-0.3, -0.25) is 0 Å². The van der Waals surface area contributed by atoms with Crippen molar-refractivity contribution < 1.29 is 17.1 Å². The molecule has 1 N–H and O–H groups in total. The van der Waals surface area contributed by atoms with E-state index in [2.05, 4.69) is 9.76 Å². The van der Waals surface area contributed by atoms with E-state index in [0.717, 1.165) is 0 Å². The molecule has 94 valence electrons. The van der Waals surface area contributed by atoms with Gasteiger partial charge in [0.15, 0.2) is 0 Å². The lowest BCUT2D eigenvalue weighted by atomic mass is 10.3. The van der Waals surface area contributed by atoms with Crippen LogP contribution in [0.4, 0.5) is 10.1 Å². The molecule has 0 heterocycles. The molecule has 2 aromatic rings. The SMILES string of the molecule is O=S(=O)(ONc1ccccc1F)c1ccccc1. The van der Waals surface area contributed by atoms with Gasteiger partial charge in [-0.05, 0) is 24.3 Å². The van der Waals surface area contributed by atoms with Crippen molar-refractivity contribution in [3.8, 4) is 0 Å². The Morgan fingerprint density at radius 1 is 0.944 bits per heavy atom. The average Bonchev–Trinajstić information content (AvgIpc) is 2.39. The fourth-order valence-corrected chi connectivity index (χ4v) is 2.07. The van der Waals surface area contributed by atoms with Crippen LogP contribution in [-0.4, -0.2) is 8.42 Å². The number of hydrogen-bond acceptors (Lipinski definition) is 4. The Balaban J connectivity index is 2.14. The third-order valence-electron chi connectivity index (χ3n) is 2.17. The van der Waals surface area contributed by atoms with Crippen LogP contribution in [0.15, 0.2) is 59.5 Å². The fourth-order valence-electron chi connectivity index (χ4n) is 1.28. The monoisotopic (exact) mass is 267 g/mol. The third kappa shape index (κ3) is 2.85. The van der Waals surface area contributed by atoms with Gasteiger partial charge in [-0.15, -0.1) is 4.28 Å². The zero-order valence-corrected chi connectivity index (χ0v) is 10.0. The molecule has 0 bridgehead atoms. The van der Waals surface area contributed by atoms with Crippen LogP contribution in [0.1, 0.15) is 0 Å². The van der Waals surface area contributed by atoms with Crippen LogP contribution < -0.4 is 5.48 Å². The summed E-state index contributed by atoms with van der Waals surface area (Å²) in [7, 11) is -3.95. The molecule has 0 saturated carbocycles. The lowest BCUT2D eigenvalue weighted by Crippen LogP contribution is -2.12. The second-order valence-corrected chi connectivity index (χ2v) is 4.98. The smallest absolute Gasteiger partial charge is 0.246 e. The molecule has 2 rings (SSSR count). The highest BCUT2D eigenvalue weighted by atomic mass is 32.2. The summed E-state index contributed by atoms with van der Waals surface area (Å²) in [5, 5.41) is 0. The molecule has 0 unspecified atom stereocenters. The number of nitrogens with one attached hydrogen (secondary N) is 1. The maximum absolute atomic E-state index is 13.2. The summed E-state index contributed by atoms with van der Waals surface area (Å²) in [5.74, 6) is -0.597. The second kappa shape index (κ2) is 5.16. The number of para-hydroxylation sites is 1. The molecule has 18 heavy (non-hydrogen) atoms. The minimum Gasteiger partial charge on any atom is -0.246 e. The van der Waals surface area contributed by atoms with Gasteiger partial charge in [-0.1, -0.05) is 30.3 Å². The first-order valence-electron chi connectivity index (χ1n) is 5.09. The van der Waals surface area contributed by atoms with Gasteiger partial charge in [-0.25, -0.2) is 9.87 Å². The van der Waals surface area contributed by atoms with E-state index in [0.29, 0.717) is 0 Å². The lowest BCUT2D eigenvalue weighted by Gasteiger charge is -2.07. The molecule has 0 saturated heterocycles. The van der Waals surface area contributed by atoms with Crippen LogP contribution in [0.5, 0.6) is 0 Å². The van der Waals surface area contributed by atoms with Crippen LogP contribution in [-0.2, 0) is 14.4 Å². The summed E-state index contributed by atoms with van der Waals surface area (Å²) in [6.07, 6.45) is 0. The number of halogens is 1. The molecular formula is C12H10FNO3S. The molecule has 0 atom stereocenters. The molecule has 0 fully saturated rings. The van der Waals surface area contributed by atoms with Gasteiger partial charge >= 0.3 is 10.1 Å². The van der Waals surface area contributed by atoms with E-state index < -0.39 is 15.9 Å². The van der Waals surface area contributed by atoms with E-state index in [1.54, 1.807) is 24.3 Å². The summed E-state index contributed by atoms with van der Waals surface area (Å²) < 4.78 is 41.2. The van der Waals surface area contributed by atoms with Crippen molar-refractivity contribution in [3.63, 3.8) is 0 Å². The first-order valence-corrected chi connectivity index (χ1v) is 6.49. The van der Waals surface area contributed by atoms with Crippen molar-refractivity contribution in [2.45, 2.75) is 4.90 Å². The van der Waals surface area contributed by atoms with Gasteiger partial charge in [0.1, 0.15) is 5.82 Å². The molecular weight excluding hydrogens is 257 g/mol. The first-order chi connectivity index (χ1) is 8.59. The van der Waals surface area contributed by atoms with Gasteiger partial charge in [0.05, 0.1) is 10.6 Å². The lowest BCUT2D eigenvalue weighted by molar-refractivity contribution is 0.387. The van der Waals surface area contributed by atoms with Gasteiger partial charge < -0.3 is 0 Å². The fraction of sp³-hybridized carbons (Fsp3) is 0. The summed E-state index contributed by atoms with van der Waals surface area (Å²) in [6, 6.07) is 13.2. The van der Waals surface area contributed by atoms with Gasteiger partial charge in [0, 0.05) is 0 Å². The largest absolute Gasteiger partial charge is 0.317 e. The standard InChI is InChI=1S/C12H10FNO3S/c13-11-8-4-5-9-12(11)14-17-18(15,16)10-6-2-1-3-7-10/h1-9,14H. The summed E-state index contributed by atoms with van der Waals surface area (Å²) in [4.78, 5) is -0.00570. The highest BCUT2D eigenvalue weighted by Gasteiger charge is 2.15. The van der Waals surface area contributed by atoms with E-state index in [1.165, 1.54) is 30.3 Å². The van der Waals surface area contributed by atoms with Gasteiger partial charge in [0.2, 0.25) is 0 Å². The predicted octanol–water partition coefficient (Wildman–Crippen LogP) is 2.56. The molecule has 0 radical (unpaired) electrons. The highest BCUT2D eigenvalue weighted by Crippen LogP contribution is 2.16. The van der Waals surface area contributed by atoms with Crippen molar-refractivity contribution in [2.24, 2.45) is 0 Å². The Kier molecular flexibility index (Phi) is 3.59. The minimum absolute atomic E-state index is 0.00570. The normalized spacial score (nSPS) is 11.2. The van der Waals surface area contributed by atoms with E-state index >= 15 is 0 Å². The molecule has 0 aliphatic carbocycles. The van der Waals surface area contributed by atoms with E-state index in [1.807, 2.05) is 0 Å². The van der Waals surface area contributed by atoms with E-state index in [9.17, 15) is 12.8 Å². The molecule has 0 aromatic heterocycles. The summed E-state index contributed by atoms with van der Waals surface area (Å²) in [6.45, 7) is 0.